The van der Waals surface area contributed by atoms with E-state index in [1.165, 1.54) is 38.5 Å². The van der Waals surface area contributed by atoms with Crippen LogP contribution in [-0.2, 0) is 4.79 Å². The lowest BCUT2D eigenvalue weighted by Gasteiger charge is -2.32. The Morgan fingerprint density at radius 2 is 1.44 bits per heavy atom. The Labute approximate surface area is 113 Å². The Morgan fingerprint density at radius 3 is 1.83 bits per heavy atom. The standard InChI is InChI=1S/C15H31NO2/c1-5-6-7-8-9-10-11-12-13-15(2,14(17)18)16(3)4/h5-13H2,1-4H3,(H,17,18). The van der Waals surface area contributed by atoms with Crippen molar-refractivity contribution in [1.29, 1.82) is 0 Å². The molecule has 1 atom stereocenters. The zero-order chi connectivity index (χ0) is 14.0. The van der Waals surface area contributed by atoms with Crippen molar-refractivity contribution in [1.82, 2.24) is 4.90 Å². The van der Waals surface area contributed by atoms with Crippen molar-refractivity contribution < 1.29 is 9.90 Å². The third-order valence-electron chi connectivity index (χ3n) is 3.96. The van der Waals surface area contributed by atoms with Crippen LogP contribution in [0.3, 0.4) is 0 Å². The van der Waals surface area contributed by atoms with Gasteiger partial charge in [-0.15, -0.1) is 0 Å². The summed E-state index contributed by atoms with van der Waals surface area (Å²) in [7, 11) is 3.69. The summed E-state index contributed by atoms with van der Waals surface area (Å²) in [5.74, 6) is -0.713. The van der Waals surface area contributed by atoms with Crippen molar-refractivity contribution in [3.63, 3.8) is 0 Å². The molecule has 0 aromatic heterocycles. The minimum absolute atomic E-state index is 0.706. The molecule has 0 heterocycles. The quantitative estimate of drug-likeness (QED) is 0.570. The lowest BCUT2D eigenvalue weighted by molar-refractivity contribution is -0.149. The van der Waals surface area contributed by atoms with Gasteiger partial charge in [-0.05, 0) is 27.4 Å². The van der Waals surface area contributed by atoms with E-state index in [2.05, 4.69) is 6.92 Å². The third kappa shape index (κ3) is 6.39. The van der Waals surface area contributed by atoms with Gasteiger partial charge in [0.25, 0.3) is 0 Å². The van der Waals surface area contributed by atoms with Crippen molar-refractivity contribution in [3.05, 3.63) is 0 Å². The molecule has 0 radical (unpaired) electrons. The molecule has 3 nitrogen and oxygen atoms in total. The number of rotatable bonds is 11. The van der Waals surface area contributed by atoms with E-state index in [-0.39, 0.29) is 0 Å². The molecule has 0 bridgehead atoms. The van der Waals surface area contributed by atoms with E-state index in [0.29, 0.717) is 0 Å². The first-order valence-corrected chi connectivity index (χ1v) is 7.36. The van der Waals surface area contributed by atoms with Crippen molar-refractivity contribution in [2.75, 3.05) is 14.1 Å². The summed E-state index contributed by atoms with van der Waals surface area (Å²) in [6, 6.07) is 0. The van der Waals surface area contributed by atoms with Crippen LogP contribution in [0, 0.1) is 0 Å². The van der Waals surface area contributed by atoms with Gasteiger partial charge in [0.1, 0.15) is 5.54 Å². The zero-order valence-corrected chi connectivity index (χ0v) is 12.7. The first kappa shape index (κ1) is 17.4. The van der Waals surface area contributed by atoms with E-state index in [1.54, 1.807) is 0 Å². The van der Waals surface area contributed by atoms with Crippen LogP contribution in [0.4, 0.5) is 0 Å². The second-order valence-corrected chi connectivity index (χ2v) is 5.70. The predicted molar refractivity (Wildman–Crippen MR) is 77.0 cm³/mol. The number of hydrogen-bond donors (Lipinski definition) is 1. The van der Waals surface area contributed by atoms with E-state index in [0.717, 1.165) is 19.3 Å². The lowest BCUT2D eigenvalue weighted by Crippen LogP contribution is -2.48. The Balaban J connectivity index is 3.66. The van der Waals surface area contributed by atoms with Gasteiger partial charge in [-0.3, -0.25) is 9.69 Å². The zero-order valence-electron chi connectivity index (χ0n) is 12.7. The molecule has 0 aliphatic rings. The van der Waals surface area contributed by atoms with E-state index in [9.17, 15) is 9.90 Å². The van der Waals surface area contributed by atoms with Gasteiger partial charge in [-0.1, -0.05) is 58.3 Å². The molecule has 0 amide bonds. The molecule has 18 heavy (non-hydrogen) atoms. The molecule has 1 N–H and O–H groups in total. The fraction of sp³-hybridized carbons (Fsp3) is 0.933. The monoisotopic (exact) mass is 257 g/mol. The van der Waals surface area contributed by atoms with Gasteiger partial charge in [0, 0.05) is 0 Å². The number of carboxylic acids is 1. The highest BCUT2D eigenvalue weighted by Crippen LogP contribution is 2.21. The molecular weight excluding hydrogens is 226 g/mol. The molecule has 0 aliphatic carbocycles. The first-order valence-electron chi connectivity index (χ1n) is 7.36. The number of likely N-dealkylation sites (N-methyl/N-ethyl adjacent to an activating group) is 1. The number of carbonyl (C=O) groups is 1. The van der Waals surface area contributed by atoms with E-state index >= 15 is 0 Å². The molecule has 0 aromatic rings. The molecule has 0 aromatic carbocycles. The highest BCUT2D eigenvalue weighted by molar-refractivity contribution is 5.78. The fourth-order valence-corrected chi connectivity index (χ4v) is 2.12. The normalized spacial score (nSPS) is 14.7. The highest BCUT2D eigenvalue weighted by atomic mass is 16.4. The van der Waals surface area contributed by atoms with Crippen molar-refractivity contribution in [2.45, 2.75) is 77.2 Å². The molecule has 0 rings (SSSR count). The Hall–Kier alpha value is -0.570. The van der Waals surface area contributed by atoms with Crippen LogP contribution in [0.5, 0.6) is 0 Å². The second kappa shape index (κ2) is 9.37. The maximum Gasteiger partial charge on any atom is 0.323 e. The number of unbranched alkanes of at least 4 members (excludes halogenated alkanes) is 7. The van der Waals surface area contributed by atoms with Gasteiger partial charge in [-0.25, -0.2) is 0 Å². The Morgan fingerprint density at radius 1 is 1.00 bits per heavy atom. The van der Waals surface area contributed by atoms with Crippen LogP contribution < -0.4 is 0 Å². The van der Waals surface area contributed by atoms with E-state index in [4.69, 9.17) is 0 Å². The highest BCUT2D eigenvalue weighted by Gasteiger charge is 2.34. The van der Waals surface area contributed by atoms with E-state index < -0.39 is 11.5 Å². The molecule has 0 saturated heterocycles. The van der Waals surface area contributed by atoms with Crippen LogP contribution in [0.1, 0.15) is 71.6 Å². The average molecular weight is 257 g/mol. The van der Waals surface area contributed by atoms with Crippen molar-refractivity contribution >= 4 is 5.97 Å². The van der Waals surface area contributed by atoms with Crippen LogP contribution in [0.2, 0.25) is 0 Å². The van der Waals surface area contributed by atoms with Crippen LogP contribution in [-0.4, -0.2) is 35.6 Å². The predicted octanol–water partition coefficient (Wildman–Crippen LogP) is 3.92. The van der Waals surface area contributed by atoms with Crippen molar-refractivity contribution in [3.8, 4) is 0 Å². The Kier molecular flexibility index (Phi) is 9.08. The van der Waals surface area contributed by atoms with Gasteiger partial charge in [0.15, 0.2) is 0 Å². The Bertz CT molecular complexity index is 229. The second-order valence-electron chi connectivity index (χ2n) is 5.70. The van der Waals surface area contributed by atoms with Gasteiger partial charge in [0.2, 0.25) is 0 Å². The molecule has 108 valence electrons. The average Bonchev–Trinajstić information content (AvgIpc) is 2.31. The third-order valence-corrected chi connectivity index (χ3v) is 3.96. The molecule has 0 saturated carbocycles. The van der Waals surface area contributed by atoms with Gasteiger partial charge < -0.3 is 5.11 Å². The molecular formula is C15H31NO2. The SMILES string of the molecule is CCCCCCCCCCC(C)(C(=O)O)N(C)C. The summed E-state index contributed by atoms with van der Waals surface area (Å²) in [6.45, 7) is 4.05. The van der Waals surface area contributed by atoms with Crippen LogP contribution in [0.25, 0.3) is 0 Å². The fourth-order valence-electron chi connectivity index (χ4n) is 2.12. The maximum absolute atomic E-state index is 11.3. The largest absolute Gasteiger partial charge is 0.480 e. The summed E-state index contributed by atoms with van der Waals surface area (Å²) < 4.78 is 0. The number of carboxylic acid groups (broad SMARTS) is 1. The minimum atomic E-state index is -0.713. The molecule has 0 fully saturated rings. The summed E-state index contributed by atoms with van der Waals surface area (Å²) in [5.41, 5.74) is -0.706. The van der Waals surface area contributed by atoms with E-state index in [1.807, 2.05) is 25.9 Å². The smallest absolute Gasteiger partial charge is 0.323 e. The lowest BCUT2D eigenvalue weighted by atomic mass is 9.93. The summed E-state index contributed by atoms with van der Waals surface area (Å²) >= 11 is 0. The minimum Gasteiger partial charge on any atom is -0.480 e. The number of nitrogens with zero attached hydrogens (tertiary/aromatic N) is 1. The maximum atomic E-state index is 11.3. The van der Waals surface area contributed by atoms with Crippen LogP contribution in [0.15, 0.2) is 0 Å². The molecule has 0 spiro atoms. The molecule has 0 aliphatic heterocycles. The van der Waals surface area contributed by atoms with Crippen molar-refractivity contribution in [2.24, 2.45) is 0 Å². The summed E-state index contributed by atoms with van der Waals surface area (Å²) in [4.78, 5) is 13.1. The molecule has 3 heteroatoms. The topological polar surface area (TPSA) is 40.5 Å². The molecule has 1 unspecified atom stereocenters. The first-order chi connectivity index (χ1) is 8.45. The number of aliphatic carboxylic acids is 1. The van der Waals surface area contributed by atoms with Gasteiger partial charge in [0.05, 0.1) is 0 Å². The van der Waals surface area contributed by atoms with Gasteiger partial charge in [-0.2, -0.15) is 0 Å². The summed E-state index contributed by atoms with van der Waals surface area (Å²) in [5, 5.41) is 9.26. The summed E-state index contributed by atoms with van der Waals surface area (Å²) in [6.07, 6.45) is 10.8. The van der Waals surface area contributed by atoms with Crippen LogP contribution >= 0.6 is 0 Å². The number of hydrogen-bond acceptors (Lipinski definition) is 2. The van der Waals surface area contributed by atoms with Gasteiger partial charge >= 0.3 is 5.97 Å².